The molecule has 0 aliphatic carbocycles. The third-order valence-corrected chi connectivity index (χ3v) is 5.76. The number of benzene rings is 1. The van der Waals surface area contributed by atoms with E-state index in [2.05, 4.69) is 27.7 Å². The number of rotatable bonds is 3. The van der Waals surface area contributed by atoms with Crippen molar-refractivity contribution in [2.45, 2.75) is 24.9 Å². The van der Waals surface area contributed by atoms with Crippen molar-refractivity contribution in [1.29, 1.82) is 0 Å². The normalized spacial score (nSPS) is 16.3. The van der Waals surface area contributed by atoms with Gasteiger partial charge in [0.15, 0.2) is 0 Å². The van der Waals surface area contributed by atoms with Gasteiger partial charge in [-0.25, -0.2) is 12.7 Å². The van der Waals surface area contributed by atoms with Crippen LogP contribution in [0.3, 0.4) is 0 Å². The van der Waals surface area contributed by atoms with Crippen LogP contribution in [-0.4, -0.2) is 28.4 Å². The quantitative estimate of drug-likeness (QED) is 0.715. The largest absolute Gasteiger partial charge is 0.273 e. The standard InChI is InChI=1S/C13H12IN3O3S/c1-2-16-7-9(6-15-16)8-17-13(18)11-5-10(14)3-4-12(11)21(17,19)20/h3-7H,2,8H2,1H3. The number of hydrogen-bond donors (Lipinski definition) is 0. The fourth-order valence-electron chi connectivity index (χ4n) is 2.24. The highest BCUT2D eigenvalue weighted by Gasteiger charge is 2.41. The highest BCUT2D eigenvalue weighted by Crippen LogP contribution is 2.32. The van der Waals surface area contributed by atoms with Gasteiger partial charge in [-0.2, -0.15) is 5.10 Å². The van der Waals surface area contributed by atoms with E-state index in [1.165, 1.54) is 6.07 Å². The maximum absolute atomic E-state index is 12.5. The molecule has 110 valence electrons. The molecule has 8 heteroatoms. The van der Waals surface area contributed by atoms with Gasteiger partial charge >= 0.3 is 0 Å². The molecule has 0 unspecified atom stereocenters. The summed E-state index contributed by atoms with van der Waals surface area (Å²) in [4.78, 5) is 12.4. The summed E-state index contributed by atoms with van der Waals surface area (Å²) in [7, 11) is -3.76. The minimum atomic E-state index is -3.76. The Kier molecular flexibility index (Phi) is 3.52. The van der Waals surface area contributed by atoms with E-state index < -0.39 is 15.9 Å². The Morgan fingerprint density at radius 2 is 2.10 bits per heavy atom. The monoisotopic (exact) mass is 417 g/mol. The molecule has 1 aliphatic heterocycles. The molecule has 1 amide bonds. The van der Waals surface area contributed by atoms with E-state index in [9.17, 15) is 13.2 Å². The van der Waals surface area contributed by atoms with Gasteiger partial charge in [-0.1, -0.05) is 0 Å². The predicted octanol–water partition coefficient (Wildman–Crippen LogP) is 1.85. The molecule has 0 spiro atoms. The molecule has 3 rings (SSSR count). The van der Waals surface area contributed by atoms with E-state index >= 15 is 0 Å². The van der Waals surface area contributed by atoms with E-state index in [-0.39, 0.29) is 17.0 Å². The van der Waals surface area contributed by atoms with E-state index in [4.69, 9.17) is 0 Å². The molecule has 0 bridgehead atoms. The summed E-state index contributed by atoms with van der Waals surface area (Å²) in [6, 6.07) is 4.77. The van der Waals surface area contributed by atoms with E-state index in [0.29, 0.717) is 12.1 Å². The van der Waals surface area contributed by atoms with Crippen LogP contribution >= 0.6 is 22.6 Å². The van der Waals surface area contributed by atoms with Gasteiger partial charge in [0.25, 0.3) is 15.9 Å². The summed E-state index contributed by atoms with van der Waals surface area (Å²) < 4.78 is 28.4. The molecule has 21 heavy (non-hydrogen) atoms. The first kappa shape index (κ1) is 14.5. The first-order valence-corrected chi connectivity index (χ1v) is 8.83. The Hall–Kier alpha value is -1.42. The lowest BCUT2D eigenvalue weighted by Gasteiger charge is -2.13. The number of nitrogens with zero attached hydrogens (tertiary/aromatic N) is 3. The summed E-state index contributed by atoms with van der Waals surface area (Å²) in [5.41, 5.74) is 0.932. The molecule has 0 saturated heterocycles. The summed E-state index contributed by atoms with van der Waals surface area (Å²) in [6.45, 7) is 2.64. The van der Waals surface area contributed by atoms with Crippen molar-refractivity contribution >= 4 is 38.5 Å². The second-order valence-corrected chi connectivity index (χ2v) is 7.74. The number of fused-ring (bicyclic) bond motifs is 1. The molecule has 0 saturated carbocycles. The van der Waals surface area contributed by atoms with Crippen LogP contribution in [-0.2, 0) is 23.1 Å². The van der Waals surface area contributed by atoms with Gasteiger partial charge in [-0.05, 0) is 47.7 Å². The van der Waals surface area contributed by atoms with Crippen LogP contribution < -0.4 is 0 Å². The molecule has 0 fully saturated rings. The first-order valence-electron chi connectivity index (χ1n) is 6.31. The smallest absolute Gasteiger partial charge is 0.269 e. The number of aromatic nitrogens is 2. The third-order valence-electron chi connectivity index (χ3n) is 3.30. The fraction of sp³-hybridized carbons (Fsp3) is 0.231. The van der Waals surface area contributed by atoms with E-state index in [1.807, 2.05) is 6.92 Å². The molecule has 1 aromatic carbocycles. The van der Waals surface area contributed by atoms with E-state index in [1.54, 1.807) is 29.2 Å². The zero-order valence-electron chi connectivity index (χ0n) is 11.2. The van der Waals surface area contributed by atoms with Crippen LogP contribution in [0.4, 0.5) is 0 Å². The van der Waals surface area contributed by atoms with Crippen molar-refractivity contribution in [2.75, 3.05) is 0 Å². The molecular formula is C13H12IN3O3S. The van der Waals surface area contributed by atoms with Gasteiger partial charge in [0, 0.05) is 21.9 Å². The van der Waals surface area contributed by atoms with Gasteiger partial charge in [-0.3, -0.25) is 9.48 Å². The average Bonchev–Trinajstić information content (AvgIpc) is 2.97. The summed E-state index contributed by atoms with van der Waals surface area (Å²) in [5, 5.41) is 4.10. The van der Waals surface area contributed by atoms with Crippen LogP contribution in [0.1, 0.15) is 22.8 Å². The SMILES string of the molecule is CCn1cc(CN2C(=O)c3cc(I)ccc3S2(=O)=O)cn1. The minimum Gasteiger partial charge on any atom is -0.273 e. The van der Waals surface area contributed by atoms with Crippen molar-refractivity contribution in [3.8, 4) is 0 Å². The molecule has 6 nitrogen and oxygen atoms in total. The average molecular weight is 417 g/mol. The fourth-order valence-corrected chi connectivity index (χ4v) is 4.27. The van der Waals surface area contributed by atoms with Crippen LogP contribution in [0.5, 0.6) is 0 Å². The third kappa shape index (κ3) is 2.35. The van der Waals surface area contributed by atoms with Crippen molar-refractivity contribution < 1.29 is 13.2 Å². The number of aryl methyl sites for hydroxylation is 1. The Balaban J connectivity index is 1.99. The van der Waals surface area contributed by atoms with Crippen LogP contribution in [0.2, 0.25) is 0 Å². The Labute approximate surface area is 135 Å². The van der Waals surface area contributed by atoms with Crippen molar-refractivity contribution in [3.63, 3.8) is 0 Å². The molecule has 0 radical (unpaired) electrons. The second-order valence-electron chi connectivity index (χ2n) is 4.66. The van der Waals surface area contributed by atoms with Gasteiger partial charge in [0.05, 0.1) is 18.3 Å². The minimum absolute atomic E-state index is 0.00637. The number of carbonyl (C=O) groups is 1. The Bertz CT molecular complexity index is 829. The zero-order chi connectivity index (χ0) is 15.2. The number of amides is 1. The van der Waals surface area contributed by atoms with Crippen molar-refractivity contribution in [3.05, 3.63) is 45.3 Å². The molecule has 1 aliphatic rings. The highest BCUT2D eigenvalue weighted by molar-refractivity contribution is 14.1. The summed E-state index contributed by atoms with van der Waals surface area (Å²) in [6.07, 6.45) is 3.33. The number of carbonyl (C=O) groups excluding carboxylic acids is 1. The van der Waals surface area contributed by atoms with Gasteiger partial charge < -0.3 is 0 Å². The van der Waals surface area contributed by atoms with E-state index in [0.717, 1.165) is 7.88 Å². The van der Waals surface area contributed by atoms with Crippen LogP contribution in [0.25, 0.3) is 0 Å². The number of halogens is 1. The maximum atomic E-state index is 12.5. The molecular weight excluding hydrogens is 405 g/mol. The Morgan fingerprint density at radius 1 is 1.33 bits per heavy atom. The first-order chi connectivity index (χ1) is 9.93. The lowest BCUT2D eigenvalue weighted by atomic mass is 10.2. The van der Waals surface area contributed by atoms with Gasteiger partial charge in [0.1, 0.15) is 4.90 Å². The number of hydrogen-bond acceptors (Lipinski definition) is 4. The molecule has 0 atom stereocenters. The highest BCUT2D eigenvalue weighted by atomic mass is 127. The predicted molar refractivity (Wildman–Crippen MR) is 84.1 cm³/mol. The lowest BCUT2D eigenvalue weighted by Crippen LogP contribution is -2.29. The second kappa shape index (κ2) is 5.09. The summed E-state index contributed by atoms with van der Waals surface area (Å²) in [5.74, 6) is -0.479. The Morgan fingerprint density at radius 3 is 2.76 bits per heavy atom. The van der Waals surface area contributed by atoms with Crippen LogP contribution in [0.15, 0.2) is 35.5 Å². The van der Waals surface area contributed by atoms with Gasteiger partial charge in [0.2, 0.25) is 0 Å². The molecule has 0 N–H and O–H groups in total. The lowest BCUT2D eigenvalue weighted by molar-refractivity contribution is 0.0865. The van der Waals surface area contributed by atoms with Crippen molar-refractivity contribution in [2.24, 2.45) is 0 Å². The zero-order valence-corrected chi connectivity index (χ0v) is 14.1. The van der Waals surface area contributed by atoms with Crippen molar-refractivity contribution in [1.82, 2.24) is 14.1 Å². The maximum Gasteiger partial charge on any atom is 0.269 e. The molecule has 1 aromatic heterocycles. The molecule has 2 aromatic rings. The van der Waals surface area contributed by atoms with Crippen LogP contribution in [0, 0.1) is 3.57 Å². The summed E-state index contributed by atoms with van der Waals surface area (Å²) >= 11 is 2.06. The molecule has 2 heterocycles. The number of sulfonamides is 1. The topological polar surface area (TPSA) is 72.3 Å². The van der Waals surface area contributed by atoms with Gasteiger partial charge in [-0.15, -0.1) is 0 Å².